The molecule has 0 aliphatic rings. The van der Waals surface area contributed by atoms with Crippen LogP contribution in [0.2, 0.25) is 0 Å². The third kappa shape index (κ3) is 3.56. The van der Waals surface area contributed by atoms with Gasteiger partial charge in [0.1, 0.15) is 5.76 Å². The third-order valence-corrected chi connectivity index (χ3v) is 3.25. The molecule has 0 saturated heterocycles. The highest BCUT2D eigenvalue weighted by molar-refractivity contribution is 14.1. The van der Waals surface area contributed by atoms with Crippen LogP contribution in [0.4, 0.5) is 5.82 Å². The Hall–Kier alpha value is -1.37. The first-order valence-corrected chi connectivity index (χ1v) is 6.98. The van der Waals surface area contributed by atoms with E-state index >= 15 is 0 Å². The van der Waals surface area contributed by atoms with Crippen LogP contribution in [-0.4, -0.2) is 11.1 Å². The number of hydrogen-bond acceptors (Lipinski definition) is 3. The molecule has 100 valence electrons. The van der Waals surface area contributed by atoms with Gasteiger partial charge in [-0.2, -0.15) is 0 Å². The Morgan fingerprint density at radius 2 is 2.05 bits per heavy atom. The highest BCUT2D eigenvalue weighted by Crippen LogP contribution is 2.24. The zero-order valence-corrected chi connectivity index (χ0v) is 13.2. The van der Waals surface area contributed by atoms with Gasteiger partial charge in [-0.25, -0.2) is 0 Å². The SMILES string of the molecule is CC(C)(C)c1cc(NC(=O)c2cccc(I)c2)no1. The van der Waals surface area contributed by atoms with Gasteiger partial charge >= 0.3 is 0 Å². The van der Waals surface area contributed by atoms with Gasteiger partial charge < -0.3 is 9.84 Å². The molecular weight excluding hydrogens is 355 g/mol. The minimum atomic E-state index is -0.188. The molecular formula is C14H15IN2O2. The molecule has 4 nitrogen and oxygen atoms in total. The summed E-state index contributed by atoms with van der Waals surface area (Å²) >= 11 is 2.17. The summed E-state index contributed by atoms with van der Waals surface area (Å²) < 4.78 is 6.24. The first-order valence-electron chi connectivity index (χ1n) is 5.90. The predicted octanol–water partition coefficient (Wildman–Crippen LogP) is 3.83. The first kappa shape index (κ1) is 14.0. The van der Waals surface area contributed by atoms with Gasteiger partial charge in [-0.3, -0.25) is 4.79 Å². The van der Waals surface area contributed by atoms with Crippen molar-refractivity contribution in [1.29, 1.82) is 0 Å². The fourth-order valence-electron chi connectivity index (χ4n) is 1.51. The van der Waals surface area contributed by atoms with Gasteiger partial charge in [-0.05, 0) is 40.8 Å². The standard InChI is InChI=1S/C14H15IN2O2/c1-14(2,3)11-8-12(17-19-11)16-13(18)9-5-4-6-10(15)7-9/h4-8H,1-3H3,(H,16,17,18). The Bertz CT molecular complexity index is 599. The van der Waals surface area contributed by atoms with Gasteiger partial charge in [-0.1, -0.05) is 32.0 Å². The van der Waals surface area contributed by atoms with E-state index < -0.39 is 0 Å². The van der Waals surface area contributed by atoms with Gasteiger partial charge in [-0.15, -0.1) is 0 Å². The maximum atomic E-state index is 12.0. The van der Waals surface area contributed by atoms with Crippen molar-refractivity contribution in [3.05, 3.63) is 45.2 Å². The molecule has 0 radical (unpaired) electrons. The van der Waals surface area contributed by atoms with Gasteiger partial charge in [0.2, 0.25) is 0 Å². The van der Waals surface area contributed by atoms with Crippen molar-refractivity contribution in [2.24, 2.45) is 0 Å². The quantitative estimate of drug-likeness (QED) is 0.818. The largest absolute Gasteiger partial charge is 0.359 e. The zero-order chi connectivity index (χ0) is 14.0. The smallest absolute Gasteiger partial charge is 0.256 e. The third-order valence-electron chi connectivity index (χ3n) is 2.58. The van der Waals surface area contributed by atoms with E-state index in [1.807, 2.05) is 39.0 Å². The van der Waals surface area contributed by atoms with Gasteiger partial charge in [0.15, 0.2) is 5.82 Å². The van der Waals surface area contributed by atoms with Crippen LogP contribution in [0.1, 0.15) is 36.9 Å². The molecule has 1 heterocycles. The second kappa shape index (κ2) is 5.32. The molecule has 5 heteroatoms. The summed E-state index contributed by atoms with van der Waals surface area (Å²) in [6.07, 6.45) is 0. The predicted molar refractivity (Wildman–Crippen MR) is 82.3 cm³/mol. The molecule has 1 aromatic carbocycles. The highest BCUT2D eigenvalue weighted by atomic mass is 127. The lowest BCUT2D eigenvalue weighted by Crippen LogP contribution is -2.12. The second-order valence-corrected chi connectivity index (χ2v) is 6.54. The van der Waals surface area contributed by atoms with E-state index in [-0.39, 0.29) is 11.3 Å². The maximum Gasteiger partial charge on any atom is 0.256 e. The maximum absolute atomic E-state index is 12.0. The average Bonchev–Trinajstić information content (AvgIpc) is 2.77. The summed E-state index contributed by atoms with van der Waals surface area (Å²) in [6.45, 7) is 6.08. The fourth-order valence-corrected chi connectivity index (χ4v) is 2.05. The number of nitrogens with one attached hydrogen (secondary N) is 1. The number of anilines is 1. The lowest BCUT2D eigenvalue weighted by atomic mass is 9.93. The van der Waals surface area contributed by atoms with Crippen LogP contribution in [0.3, 0.4) is 0 Å². The van der Waals surface area contributed by atoms with Gasteiger partial charge in [0, 0.05) is 20.6 Å². The molecule has 0 aliphatic carbocycles. The Morgan fingerprint density at radius 3 is 2.63 bits per heavy atom. The number of carbonyl (C=O) groups is 1. The van der Waals surface area contributed by atoms with Crippen molar-refractivity contribution in [2.45, 2.75) is 26.2 Å². The molecule has 2 rings (SSSR count). The van der Waals surface area contributed by atoms with E-state index in [9.17, 15) is 4.79 Å². The molecule has 0 saturated carbocycles. The minimum absolute atomic E-state index is 0.127. The molecule has 1 amide bonds. The molecule has 1 N–H and O–H groups in total. The number of hydrogen-bond donors (Lipinski definition) is 1. The van der Waals surface area contributed by atoms with Crippen molar-refractivity contribution in [3.8, 4) is 0 Å². The minimum Gasteiger partial charge on any atom is -0.359 e. The summed E-state index contributed by atoms with van der Waals surface area (Å²) in [7, 11) is 0. The van der Waals surface area contributed by atoms with Crippen molar-refractivity contribution >= 4 is 34.3 Å². The van der Waals surface area contributed by atoms with Crippen LogP contribution in [0.5, 0.6) is 0 Å². The van der Waals surface area contributed by atoms with Crippen LogP contribution in [0.15, 0.2) is 34.9 Å². The Labute approximate surface area is 125 Å². The Morgan fingerprint density at radius 1 is 1.32 bits per heavy atom. The molecule has 1 aromatic heterocycles. The van der Waals surface area contributed by atoms with E-state index in [1.165, 1.54) is 0 Å². The van der Waals surface area contributed by atoms with E-state index in [1.54, 1.807) is 12.1 Å². The van der Waals surface area contributed by atoms with E-state index in [2.05, 4.69) is 33.1 Å². The fraction of sp³-hybridized carbons (Fsp3) is 0.286. The van der Waals surface area contributed by atoms with Crippen molar-refractivity contribution in [2.75, 3.05) is 5.32 Å². The van der Waals surface area contributed by atoms with Crippen LogP contribution in [0, 0.1) is 3.57 Å². The summed E-state index contributed by atoms with van der Waals surface area (Å²) in [6, 6.07) is 9.12. The van der Waals surface area contributed by atoms with Crippen molar-refractivity contribution in [3.63, 3.8) is 0 Å². The Kier molecular flexibility index (Phi) is 3.93. The molecule has 0 bridgehead atoms. The highest BCUT2D eigenvalue weighted by Gasteiger charge is 2.20. The number of amides is 1. The number of carbonyl (C=O) groups excluding carboxylic acids is 1. The number of nitrogens with zero attached hydrogens (tertiary/aromatic N) is 1. The van der Waals surface area contributed by atoms with Gasteiger partial charge in [0.05, 0.1) is 0 Å². The van der Waals surface area contributed by atoms with Crippen LogP contribution in [-0.2, 0) is 5.41 Å². The summed E-state index contributed by atoms with van der Waals surface area (Å²) in [5, 5.41) is 6.59. The van der Waals surface area contributed by atoms with Crippen LogP contribution < -0.4 is 5.32 Å². The molecule has 0 spiro atoms. The number of halogens is 1. The lowest BCUT2D eigenvalue weighted by molar-refractivity contribution is 0.102. The summed E-state index contributed by atoms with van der Waals surface area (Å²) in [5.74, 6) is 0.992. The molecule has 2 aromatic rings. The molecule has 0 fully saturated rings. The second-order valence-electron chi connectivity index (χ2n) is 5.29. The van der Waals surface area contributed by atoms with Crippen molar-refractivity contribution in [1.82, 2.24) is 5.16 Å². The average molecular weight is 370 g/mol. The monoisotopic (exact) mass is 370 g/mol. The van der Waals surface area contributed by atoms with E-state index in [4.69, 9.17) is 4.52 Å². The first-order chi connectivity index (χ1) is 8.86. The molecule has 19 heavy (non-hydrogen) atoms. The van der Waals surface area contributed by atoms with E-state index in [0.29, 0.717) is 11.4 Å². The summed E-state index contributed by atoms with van der Waals surface area (Å²) in [4.78, 5) is 12.0. The van der Waals surface area contributed by atoms with Crippen molar-refractivity contribution < 1.29 is 9.32 Å². The van der Waals surface area contributed by atoms with Crippen LogP contribution in [0.25, 0.3) is 0 Å². The molecule has 0 unspecified atom stereocenters. The number of aromatic nitrogens is 1. The van der Waals surface area contributed by atoms with E-state index in [0.717, 1.165) is 9.33 Å². The zero-order valence-electron chi connectivity index (χ0n) is 11.0. The lowest BCUT2D eigenvalue weighted by Gasteiger charge is -2.12. The Balaban J connectivity index is 2.13. The summed E-state index contributed by atoms with van der Waals surface area (Å²) in [5.41, 5.74) is 0.477. The van der Waals surface area contributed by atoms with Gasteiger partial charge in [0.25, 0.3) is 5.91 Å². The molecule has 0 atom stereocenters. The van der Waals surface area contributed by atoms with Crippen LogP contribution >= 0.6 is 22.6 Å². The number of benzene rings is 1. The number of rotatable bonds is 2. The topological polar surface area (TPSA) is 55.1 Å². The molecule has 0 aliphatic heterocycles. The normalized spacial score (nSPS) is 11.4.